The van der Waals surface area contributed by atoms with E-state index in [4.69, 9.17) is 16.3 Å². The molecule has 0 saturated carbocycles. The van der Waals surface area contributed by atoms with E-state index in [0.29, 0.717) is 16.2 Å². The average molecular weight is 405 g/mol. The molecule has 0 aliphatic rings. The van der Waals surface area contributed by atoms with Gasteiger partial charge >= 0.3 is 0 Å². The number of carbonyl (C=O) groups is 1. The summed E-state index contributed by atoms with van der Waals surface area (Å²) in [4.78, 5) is 13.8. The summed E-state index contributed by atoms with van der Waals surface area (Å²) in [7, 11) is 1.62. The molecule has 0 spiro atoms. The minimum Gasteiger partial charge on any atom is -0.497 e. The molecular weight excluding hydrogens is 388 g/mol. The smallest absolute Gasteiger partial charge is 0.248 e. The molecule has 0 unspecified atom stereocenters. The summed E-state index contributed by atoms with van der Waals surface area (Å²) in [5.41, 5.74) is 3.77. The molecule has 1 N–H and O–H groups in total. The lowest BCUT2D eigenvalue weighted by atomic mass is 10.2. The minimum absolute atomic E-state index is 0.234. The highest BCUT2D eigenvalue weighted by molar-refractivity contribution is 6.30. The Morgan fingerprint density at radius 1 is 1.00 bits per heavy atom. The second-order valence-corrected chi connectivity index (χ2v) is 6.70. The van der Waals surface area contributed by atoms with E-state index in [1.54, 1.807) is 42.2 Å². The van der Waals surface area contributed by atoms with Gasteiger partial charge in [-0.15, -0.1) is 10.2 Å². The number of hydrogen-bond donors (Lipinski definition) is 1. The Bertz CT molecular complexity index is 1180. The van der Waals surface area contributed by atoms with Crippen LogP contribution in [-0.2, 0) is 4.79 Å². The normalized spacial score (nSPS) is 11.1. The Balaban J connectivity index is 1.49. The summed E-state index contributed by atoms with van der Waals surface area (Å²) in [5, 5.41) is 12.4. The molecular formula is C22H17ClN4O2. The van der Waals surface area contributed by atoms with Gasteiger partial charge in [-0.3, -0.25) is 4.79 Å². The minimum atomic E-state index is -0.234. The molecule has 0 saturated heterocycles. The number of anilines is 1. The van der Waals surface area contributed by atoms with Crippen LogP contribution in [0.1, 0.15) is 5.56 Å². The van der Waals surface area contributed by atoms with Crippen molar-refractivity contribution in [1.29, 1.82) is 0 Å². The number of benzene rings is 3. The number of amides is 1. The first-order valence-corrected chi connectivity index (χ1v) is 9.25. The van der Waals surface area contributed by atoms with Crippen molar-refractivity contribution in [2.45, 2.75) is 0 Å². The molecule has 3 aromatic carbocycles. The van der Waals surface area contributed by atoms with E-state index < -0.39 is 0 Å². The highest BCUT2D eigenvalue weighted by Gasteiger charge is 2.07. The van der Waals surface area contributed by atoms with Crippen LogP contribution in [0.5, 0.6) is 5.75 Å². The molecule has 0 bridgehead atoms. The van der Waals surface area contributed by atoms with Gasteiger partial charge in [0.25, 0.3) is 0 Å². The van der Waals surface area contributed by atoms with Crippen molar-refractivity contribution < 1.29 is 9.53 Å². The quantitative estimate of drug-likeness (QED) is 0.488. The van der Waals surface area contributed by atoms with Crippen molar-refractivity contribution in [3.05, 3.63) is 83.4 Å². The first-order chi connectivity index (χ1) is 14.1. The van der Waals surface area contributed by atoms with E-state index in [9.17, 15) is 4.79 Å². The summed E-state index contributed by atoms with van der Waals surface area (Å²) in [6.07, 6.45) is 3.20. The maximum absolute atomic E-state index is 12.2. The maximum Gasteiger partial charge on any atom is 0.248 e. The number of hydrogen-bond acceptors (Lipinski definition) is 4. The van der Waals surface area contributed by atoms with Crippen molar-refractivity contribution in [3.63, 3.8) is 0 Å². The Morgan fingerprint density at radius 2 is 1.72 bits per heavy atom. The number of ether oxygens (including phenoxy) is 1. The summed E-state index contributed by atoms with van der Waals surface area (Å²) in [6.45, 7) is 0. The Labute approximate surface area is 172 Å². The molecule has 6 nitrogen and oxygen atoms in total. The summed E-state index contributed by atoms with van der Waals surface area (Å²) >= 11 is 5.86. The predicted octanol–water partition coefficient (Wildman–Crippen LogP) is 4.73. The van der Waals surface area contributed by atoms with E-state index in [1.165, 1.54) is 6.08 Å². The lowest BCUT2D eigenvalue weighted by Gasteiger charge is -2.01. The number of fused-ring (bicyclic) bond motifs is 1. The van der Waals surface area contributed by atoms with Gasteiger partial charge in [0.1, 0.15) is 16.8 Å². The van der Waals surface area contributed by atoms with Crippen molar-refractivity contribution in [1.82, 2.24) is 15.0 Å². The number of halogens is 1. The number of nitrogens with one attached hydrogen (secondary N) is 1. The van der Waals surface area contributed by atoms with Crippen molar-refractivity contribution in [2.75, 3.05) is 12.4 Å². The number of nitrogens with zero attached hydrogens (tertiary/aromatic N) is 3. The van der Waals surface area contributed by atoms with Gasteiger partial charge in [0.05, 0.1) is 12.8 Å². The van der Waals surface area contributed by atoms with E-state index in [2.05, 4.69) is 15.5 Å². The van der Waals surface area contributed by atoms with Crippen LogP contribution >= 0.6 is 11.6 Å². The molecule has 1 aromatic heterocycles. The second kappa shape index (κ2) is 8.16. The lowest BCUT2D eigenvalue weighted by molar-refractivity contribution is -0.111. The third-order valence-corrected chi connectivity index (χ3v) is 4.50. The molecule has 0 fully saturated rings. The van der Waals surface area contributed by atoms with Crippen molar-refractivity contribution in [2.24, 2.45) is 0 Å². The van der Waals surface area contributed by atoms with E-state index in [1.807, 2.05) is 42.5 Å². The van der Waals surface area contributed by atoms with Gasteiger partial charge in [0.2, 0.25) is 5.91 Å². The first-order valence-electron chi connectivity index (χ1n) is 8.87. The number of carbonyl (C=O) groups excluding carboxylic acids is 1. The van der Waals surface area contributed by atoms with Crippen LogP contribution in [0.4, 0.5) is 5.69 Å². The van der Waals surface area contributed by atoms with E-state index in [0.717, 1.165) is 22.5 Å². The summed E-state index contributed by atoms with van der Waals surface area (Å²) in [5.74, 6) is 0.531. The van der Waals surface area contributed by atoms with Crippen molar-refractivity contribution >= 4 is 40.3 Å². The zero-order valence-electron chi connectivity index (χ0n) is 15.5. The van der Waals surface area contributed by atoms with Crippen LogP contribution in [0.3, 0.4) is 0 Å². The Hall–Kier alpha value is -3.64. The molecule has 1 amide bonds. The molecule has 4 rings (SSSR count). The fraction of sp³-hybridized carbons (Fsp3) is 0.0455. The molecule has 0 aliphatic carbocycles. The molecule has 0 atom stereocenters. The average Bonchev–Trinajstić information content (AvgIpc) is 3.17. The topological polar surface area (TPSA) is 69.0 Å². The van der Waals surface area contributed by atoms with Gasteiger partial charge in [-0.1, -0.05) is 23.7 Å². The Morgan fingerprint density at radius 3 is 2.45 bits per heavy atom. The van der Waals surface area contributed by atoms with Crippen LogP contribution < -0.4 is 10.1 Å². The number of rotatable bonds is 5. The number of methoxy groups -OCH3 is 1. The van der Waals surface area contributed by atoms with Gasteiger partial charge in [-0.05, 0) is 66.2 Å². The van der Waals surface area contributed by atoms with Crippen LogP contribution in [0, 0.1) is 0 Å². The summed E-state index contributed by atoms with van der Waals surface area (Å²) < 4.78 is 5.17. The highest BCUT2D eigenvalue weighted by atomic mass is 35.5. The molecule has 0 radical (unpaired) electrons. The van der Waals surface area contributed by atoms with E-state index in [-0.39, 0.29) is 5.91 Å². The van der Waals surface area contributed by atoms with Crippen LogP contribution in [-0.4, -0.2) is 28.0 Å². The maximum atomic E-state index is 12.2. The first kappa shape index (κ1) is 18.7. The standard InChI is InChI=1S/C22H17ClN4O2/c1-29-19-10-8-18(9-11-19)27-25-20-12-7-17(14-21(20)26-27)24-22(28)13-4-15-2-5-16(23)6-3-15/h2-14H,1H3,(H,24,28)/b13-4+. The molecule has 144 valence electrons. The SMILES string of the molecule is COc1ccc(-n2nc3ccc(NC(=O)/C=C/c4ccc(Cl)cc4)cc3n2)cc1. The van der Waals surface area contributed by atoms with Gasteiger partial charge < -0.3 is 10.1 Å². The lowest BCUT2D eigenvalue weighted by Crippen LogP contribution is -2.07. The Kier molecular flexibility index (Phi) is 5.27. The highest BCUT2D eigenvalue weighted by Crippen LogP contribution is 2.19. The third kappa shape index (κ3) is 4.44. The predicted molar refractivity (Wildman–Crippen MR) is 115 cm³/mol. The monoisotopic (exact) mass is 404 g/mol. The molecule has 4 aromatic rings. The van der Waals surface area contributed by atoms with Gasteiger partial charge in [-0.25, -0.2) is 0 Å². The summed E-state index contributed by atoms with van der Waals surface area (Å²) in [6, 6.07) is 20.1. The van der Waals surface area contributed by atoms with Crippen LogP contribution in [0.25, 0.3) is 22.8 Å². The fourth-order valence-corrected chi connectivity index (χ4v) is 2.88. The van der Waals surface area contributed by atoms with Crippen molar-refractivity contribution in [3.8, 4) is 11.4 Å². The van der Waals surface area contributed by atoms with Gasteiger partial charge in [0.15, 0.2) is 0 Å². The largest absolute Gasteiger partial charge is 0.497 e. The fourth-order valence-electron chi connectivity index (χ4n) is 2.75. The second-order valence-electron chi connectivity index (χ2n) is 6.27. The zero-order valence-corrected chi connectivity index (χ0v) is 16.3. The molecule has 29 heavy (non-hydrogen) atoms. The molecule has 7 heteroatoms. The third-order valence-electron chi connectivity index (χ3n) is 4.25. The zero-order chi connectivity index (χ0) is 20.2. The number of aromatic nitrogens is 3. The van der Waals surface area contributed by atoms with Crippen LogP contribution in [0.2, 0.25) is 5.02 Å². The van der Waals surface area contributed by atoms with E-state index >= 15 is 0 Å². The van der Waals surface area contributed by atoms with Gasteiger partial charge in [0, 0.05) is 16.8 Å². The van der Waals surface area contributed by atoms with Gasteiger partial charge in [-0.2, -0.15) is 4.80 Å². The molecule has 1 heterocycles. The van der Waals surface area contributed by atoms with Crippen LogP contribution in [0.15, 0.2) is 72.8 Å². The molecule has 0 aliphatic heterocycles.